The Morgan fingerprint density at radius 3 is 2.63 bits per heavy atom. The molecule has 0 spiro atoms. The predicted molar refractivity (Wildman–Crippen MR) is 81.3 cm³/mol. The molecular formula is C17H30N2. The number of fused-ring (bicyclic) bond motifs is 1. The Labute approximate surface area is 118 Å². The number of piperazine rings is 1. The maximum Gasteiger partial charge on any atom is 0.0249 e. The molecule has 0 N–H and O–H groups in total. The summed E-state index contributed by atoms with van der Waals surface area (Å²) in [5.41, 5.74) is 0. The zero-order valence-electron chi connectivity index (χ0n) is 12.7. The summed E-state index contributed by atoms with van der Waals surface area (Å²) in [5.74, 6) is 0.786. The van der Waals surface area contributed by atoms with E-state index in [-0.39, 0.29) is 0 Å². The van der Waals surface area contributed by atoms with Gasteiger partial charge >= 0.3 is 0 Å². The first kappa shape index (κ1) is 13.6. The molecule has 108 valence electrons. The second-order valence-electron chi connectivity index (χ2n) is 7.09. The molecule has 19 heavy (non-hydrogen) atoms. The van der Waals surface area contributed by atoms with Crippen LogP contribution >= 0.6 is 0 Å². The molecule has 2 fully saturated rings. The fraction of sp³-hybridized carbons (Fsp3) is 0.882. The van der Waals surface area contributed by atoms with Gasteiger partial charge in [0.1, 0.15) is 0 Å². The number of hydrogen-bond acceptors (Lipinski definition) is 2. The van der Waals surface area contributed by atoms with Gasteiger partial charge in [-0.2, -0.15) is 0 Å². The molecule has 2 heterocycles. The van der Waals surface area contributed by atoms with Crippen LogP contribution in [0.2, 0.25) is 0 Å². The van der Waals surface area contributed by atoms with Gasteiger partial charge in [-0.15, -0.1) is 0 Å². The van der Waals surface area contributed by atoms with Gasteiger partial charge in [-0.05, 0) is 44.6 Å². The zero-order valence-corrected chi connectivity index (χ0v) is 12.7. The molecule has 3 unspecified atom stereocenters. The summed E-state index contributed by atoms with van der Waals surface area (Å²) in [6.45, 7) is 8.84. The lowest BCUT2D eigenvalue weighted by Gasteiger charge is -2.52. The molecule has 0 radical (unpaired) electrons. The van der Waals surface area contributed by atoms with Gasteiger partial charge in [0.2, 0.25) is 0 Å². The van der Waals surface area contributed by atoms with Gasteiger partial charge in [-0.1, -0.05) is 32.4 Å². The molecule has 0 amide bonds. The summed E-state index contributed by atoms with van der Waals surface area (Å²) in [6.07, 6.45) is 13.1. The van der Waals surface area contributed by atoms with Crippen LogP contribution in [-0.4, -0.2) is 47.6 Å². The minimum absolute atomic E-state index is 0.783. The number of rotatable bonds is 2. The average Bonchev–Trinajstić information content (AvgIpc) is 2.46. The van der Waals surface area contributed by atoms with Crippen molar-refractivity contribution < 1.29 is 0 Å². The fourth-order valence-electron chi connectivity index (χ4n) is 4.32. The minimum atomic E-state index is 0.783. The Balaban J connectivity index is 1.73. The molecule has 3 atom stereocenters. The lowest BCUT2D eigenvalue weighted by molar-refractivity contribution is -0.0317. The van der Waals surface area contributed by atoms with Crippen molar-refractivity contribution in [3.8, 4) is 0 Å². The van der Waals surface area contributed by atoms with Crippen LogP contribution in [0.3, 0.4) is 0 Å². The highest BCUT2D eigenvalue weighted by atomic mass is 15.3. The van der Waals surface area contributed by atoms with E-state index in [1.807, 2.05) is 0 Å². The molecular weight excluding hydrogens is 232 g/mol. The summed E-state index contributed by atoms with van der Waals surface area (Å²) >= 11 is 0. The van der Waals surface area contributed by atoms with E-state index in [1.54, 1.807) is 0 Å². The fourth-order valence-corrected chi connectivity index (χ4v) is 4.32. The Hall–Kier alpha value is -0.340. The number of piperidine rings is 1. The molecule has 2 aliphatic heterocycles. The average molecular weight is 262 g/mol. The van der Waals surface area contributed by atoms with Crippen molar-refractivity contribution in [2.75, 3.05) is 19.6 Å². The summed E-state index contributed by atoms with van der Waals surface area (Å²) in [6, 6.07) is 2.46. The molecule has 2 nitrogen and oxygen atoms in total. The highest BCUT2D eigenvalue weighted by molar-refractivity contribution is 5.00. The van der Waals surface area contributed by atoms with E-state index < -0.39 is 0 Å². The van der Waals surface area contributed by atoms with Crippen LogP contribution in [0, 0.1) is 5.92 Å². The van der Waals surface area contributed by atoms with Crippen molar-refractivity contribution >= 4 is 0 Å². The monoisotopic (exact) mass is 262 g/mol. The van der Waals surface area contributed by atoms with Crippen LogP contribution in [0.1, 0.15) is 52.4 Å². The predicted octanol–water partition coefficient (Wildman–Crippen LogP) is 3.29. The van der Waals surface area contributed by atoms with Crippen molar-refractivity contribution in [2.45, 2.75) is 70.5 Å². The third-order valence-electron chi connectivity index (χ3n) is 5.50. The molecule has 3 rings (SSSR count). The Morgan fingerprint density at radius 1 is 1.00 bits per heavy atom. The Kier molecular flexibility index (Phi) is 4.28. The first-order chi connectivity index (χ1) is 9.25. The Morgan fingerprint density at radius 2 is 1.89 bits per heavy atom. The summed E-state index contributed by atoms with van der Waals surface area (Å²) < 4.78 is 0. The van der Waals surface area contributed by atoms with Gasteiger partial charge < -0.3 is 0 Å². The summed E-state index contributed by atoms with van der Waals surface area (Å²) in [7, 11) is 0. The molecule has 3 aliphatic rings. The van der Waals surface area contributed by atoms with Gasteiger partial charge in [0.15, 0.2) is 0 Å². The van der Waals surface area contributed by atoms with Crippen molar-refractivity contribution in [1.82, 2.24) is 9.80 Å². The molecule has 0 bridgehead atoms. The van der Waals surface area contributed by atoms with E-state index in [0.717, 1.165) is 24.0 Å². The minimum Gasteiger partial charge on any atom is -0.298 e. The van der Waals surface area contributed by atoms with Gasteiger partial charge in [0.05, 0.1) is 0 Å². The van der Waals surface area contributed by atoms with Crippen LogP contribution in [0.5, 0.6) is 0 Å². The third kappa shape index (κ3) is 2.90. The van der Waals surface area contributed by atoms with E-state index in [2.05, 4.69) is 35.8 Å². The van der Waals surface area contributed by atoms with Crippen LogP contribution in [0.25, 0.3) is 0 Å². The molecule has 0 saturated carbocycles. The largest absolute Gasteiger partial charge is 0.298 e. The summed E-state index contributed by atoms with van der Waals surface area (Å²) in [5, 5.41) is 0. The SMILES string of the molecule is CC(C)C1CN2CCCCC2CN1C1CC=CCC1. The second-order valence-corrected chi connectivity index (χ2v) is 7.09. The second kappa shape index (κ2) is 5.97. The van der Waals surface area contributed by atoms with Crippen LogP contribution < -0.4 is 0 Å². The van der Waals surface area contributed by atoms with E-state index >= 15 is 0 Å². The number of nitrogens with zero attached hydrogens (tertiary/aromatic N) is 2. The highest BCUT2D eigenvalue weighted by Crippen LogP contribution is 2.31. The Bertz CT molecular complexity index is 323. The van der Waals surface area contributed by atoms with E-state index in [9.17, 15) is 0 Å². The van der Waals surface area contributed by atoms with Crippen LogP contribution in [0.4, 0.5) is 0 Å². The van der Waals surface area contributed by atoms with E-state index in [0.29, 0.717) is 0 Å². The van der Waals surface area contributed by atoms with Crippen LogP contribution in [0.15, 0.2) is 12.2 Å². The molecule has 2 heteroatoms. The van der Waals surface area contributed by atoms with Crippen LogP contribution in [-0.2, 0) is 0 Å². The van der Waals surface area contributed by atoms with Gasteiger partial charge in [-0.25, -0.2) is 0 Å². The highest BCUT2D eigenvalue weighted by Gasteiger charge is 2.38. The van der Waals surface area contributed by atoms with Gasteiger partial charge in [0, 0.05) is 31.2 Å². The van der Waals surface area contributed by atoms with Crippen molar-refractivity contribution in [1.29, 1.82) is 0 Å². The smallest absolute Gasteiger partial charge is 0.0249 e. The zero-order chi connectivity index (χ0) is 13.2. The van der Waals surface area contributed by atoms with Crippen molar-refractivity contribution in [2.24, 2.45) is 5.92 Å². The first-order valence-electron chi connectivity index (χ1n) is 8.40. The van der Waals surface area contributed by atoms with Gasteiger partial charge in [-0.3, -0.25) is 9.80 Å². The lowest BCUT2D eigenvalue weighted by atomic mass is 9.88. The molecule has 0 aromatic rings. The topological polar surface area (TPSA) is 6.48 Å². The summed E-state index contributed by atoms with van der Waals surface area (Å²) in [4.78, 5) is 5.68. The normalized spacial score (nSPS) is 37.5. The molecule has 1 aliphatic carbocycles. The third-order valence-corrected chi connectivity index (χ3v) is 5.50. The van der Waals surface area contributed by atoms with Gasteiger partial charge in [0.25, 0.3) is 0 Å². The quantitative estimate of drug-likeness (QED) is 0.705. The maximum atomic E-state index is 2.89. The van der Waals surface area contributed by atoms with E-state index in [4.69, 9.17) is 0 Å². The van der Waals surface area contributed by atoms with Crippen molar-refractivity contribution in [3.05, 3.63) is 12.2 Å². The first-order valence-corrected chi connectivity index (χ1v) is 8.40. The number of hydrogen-bond donors (Lipinski definition) is 0. The molecule has 0 aromatic heterocycles. The maximum absolute atomic E-state index is 2.89. The lowest BCUT2D eigenvalue weighted by Crippen LogP contribution is -2.63. The standard InChI is InChI=1S/C17H30N2/c1-14(2)17-13-18-11-7-6-10-16(18)12-19(17)15-8-4-3-5-9-15/h3-4,14-17H,5-13H2,1-2H3. The molecule has 2 saturated heterocycles. The molecule has 0 aromatic carbocycles. The number of allylic oxidation sites excluding steroid dienone is 1. The van der Waals surface area contributed by atoms with Crippen molar-refractivity contribution in [3.63, 3.8) is 0 Å². The van der Waals surface area contributed by atoms with E-state index in [1.165, 1.54) is 58.2 Å².